The monoisotopic (exact) mass is 247 g/mol. The number of carbonyl (C=O) groups is 1. The first-order valence-corrected chi connectivity index (χ1v) is 5.66. The highest BCUT2D eigenvalue weighted by Crippen LogP contribution is 2.27. The maximum absolute atomic E-state index is 11.2. The molecular formula is C10H13N7O. The second-order valence-corrected chi connectivity index (χ2v) is 4.34. The number of hydrogen-bond acceptors (Lipinski definition) is 6. The Morgan fingerprint density at radius 1 is 1.50 bits per heavy atom. The van der Waals surface area contributed by atoms with E-state index < -0.39 is 0 Å². The first kappa shape index (κ1) is 10.8. The van der Waals surface area contributed by atoms with Crippen LogP contribution >= 0.6 is 0 Å². The van der Waals surface area contributed by atoms with Gasteiger partial charge in [0.2, 0.25) is 11.9 Å². The van der Waals surface area contributed by atoms with Gasteiger partial charge in [-0.2, -0.15) is 9.97 Å². The molecule has 94 valence electrons. The molecule has 0 aromatic carbocycles. The van der Waals surface area contributed by atoms with Crippen LogP contribution in [0.4, 0.5) is 11.8 Å². The predicted molar refractivity (Wildman–Crippen MR) is 65.6 cm³/mol. The number of fused-ring (bicyclic) bond motifs is 1. The van der Waals surface area contributed by atoms with Crippen molar-refractivity contribution in [3.05, 3.63) is 6.33 Å². The normalized spacial score (nSPS) is 19.6. The van der Waals surface area contributed by atoms with Crippen LogP contribution in [0.1, 0.15) is 6.42 Å². The van der Waals surface area contributed by atoms with Crippen molar-refractivity contribution in [3.63, 3.8) is 0 Å². The zero-order valence-electron chi connectivity index (χ0n) is 9.63. The number of aromatic amines is 1. The van der Waals surface area contributed by atoms with Gasteiger partial charge in [0.05, 0.1) is 12.2 Å². The molecule has 1 aliphatic heterocycles. The van der Waals surface area contributed by atoms with Crippen molar-refractivity contribution in [3.8, 4) is 0 Å². The molecule has 1 unspecified atom stereocenters. The average molecular weight is 247 g/mol. The summed E-state index contributed by atoms with van der Waals surface area (Å²) in [5.41, 5.74) is 12.2. The molecule has 18 heavy (non-hydrogen) atoms. The minimum atomic E-state index is -0.277. The van der Waals surface area contributed by atoms with Gasteiger partial charge >= 0.3 is 0 Å². The van der Waals surface area contributed by atoms with E-state index in [1.807, 2.05) is 4.90 Å². The van der Waals surface area contributed by atoms with Gasteiger partial charge in [0, 0.05) is 13.1 Å². The quantitative estimate of drug-likeness (QED) is 0.640. The van der Waals surface area contributed by atoms with Crippen LogP contribution in [-0.2, 0) is 4.79 Å². The van der Waals surface area contributed by atoms with Crippen LogP contribution in [0.25, 0.3) is 11.2 Å². The molecule has 0 saturated carbocycles. The fraction of sp³-hybridized carbons (Fsp3) is 0.400. The third kappa shape index (κ3) is 1.62. The van der Waals surface area contributed by atoms with Crippen molar-refractivity contribution in [2.24, 2.45) is 11.7 Å². The predicted octanol–water partition coefficient (Wildman–Crippen LogP) is -0.753. The first-order valence-electron chi connectivity index (χ1n) is 5.66. The van der Waals surface area contributed by atoms with Crippen LogP contribution in [0.3, 0.4) is 0 Å². The van der Waals surface area contributed by atoms with Gasteiger partial charge in [-0.05, 0) is 6.42 Å². The van der Waals surface area contributed by atoms with Gasteiger partial charge in [-0.25, -0.2) is 4.98 Å². The van der Waals surface area contributed by atoms with E-state index in [0.29, 0.717) is 18.0 Å². The van der Waals surface area contributed by atoms with Crippen LogP contribution in [0, 0.1) is 5.92 Å². The molecule has 3 heterocycles. The topological polar surface area (TPSA) is 127 Å². The van der Waals surface area contributed by atoms with Crippen LogP contribution in [-0.4, -0.2) is 38.9 Å². The van der Waals surface area contributed by atoms with Crippen molar-refractivity contribution in [1.29, 1.82) is 0 Å². The standard InChI is InChI=1S/C10H13N7O/c11-7(18)5-1-2-17(3-5)9-6-8(14-4-13-6)15-10(12)16-9/h4-5H,1-3H2,(H2,11,18)(H3,12,13,14,15,16). The molecule has 0 radical (unpaired) electrons. The van der Waals surface area contributed by atoms with Crippen LogP contribution in [0.5, 0.6) is 0 Å². The molecular weight excluding hydrogens is 234 g/mol. The lowest BCUT2D eigenvalue weighted by atomic mass is 10.1. The Kier molecular flexibility index (Phi) is 2.29. The van der Waals surface area contributed by atoms with Crippen molar-refractivity contribution in [2.45, 2.75) is 6.42 Å². The molecule has 0 bridgehead atoms. The molecule has 0 aliphatic carbocycles. The van der Waals surface area contributed by atoms with Gasteiger partial charge in [0.15, 0.2) is 11.5 Å². The van der Waals surface area contributed by atoms with Crippen molar-refractivity contribution >= 4 is 28.8 Å². The Hall–Kier alpha value is -2.38. The molecule has 5 N–H and O–H groups in total. The lowest BCUT2D eigenvalue weighted by Gasteiger charge is -2.17. The molecule has 2 aromatic heterocycles. The highest BCUT2D eigenvalue weighted by atomic mass is 16.1. The van der Waals surface area contributed by atoms with E-state index in [0.717, 1.165) is 18.5 Å². The summed E-state index contributed by atoms with van der Waals surface area (Å²) in [6.45, 7) is 1.28. The maximum atomic E-state index is 11.2. The number of amides is 1. The van der Waals surface area contributed by atoms with E-state index in [1.54, 1.807) is 6.33 Å². The molecule has 1 fully saturated rings. The molecule has 1 aliphatic rings. The van der Waals surface area contributed by atoms with E-state index in [4.69, 9.17) is 11.5 Å². The molecule has 8 nitrogen and oxygen atoms in total. The van der Waals surface area contributed by atoms with Gasteiger partial charge in [-0.3, -0.25) is 4.79 Å². The highest BCUT2D eigenvalue weighted by Gasteiger charge is 2.29. The van der Waals surface area contributed by atoms with Crippen molar-refractivity contribution < 1.29 is 4.79 Å². The highest BCUT2D eigenvalue weighted by molar-refractivity contribution is 5.85. The van der Waals surface area contributed by atoms with Crippen molar-refractivity contribution in [2.75, 3.05) is 23.7 Å². The van der Waals surface area contributed by atoms with E-state index in [-0.39, 0.29) is 17.8 Å². The van der Waals surface area contributed by atoms with E-state index in [1.165, 1.54) is 0 Å². The summed E-state index contributed by atoms with van der Waals surface area (Å²) in [6, 6.07) is 0. The number of nitrogen functional groups attached to an aromatic ring is 1. The number of carbonyl (C=O) groups excluding carboxylic acids is 1. The summed E-state index contributed by atoms with van der Waals surface area (Å²) in [5.74, 6) is 0.436. The Morgan fingerprint density at radius 3 is 3.06 bits per heavy atom. The first-order chi connectivity index (χ1) is 8.65. The summed E-state index contributed by atoms with van der Waals surface area (Å²) < 4.78 is 0. The largest absolute Gasteiger partial charge is 0.369 e. The Balaban J connectivity index is 1.99. The van der Waals surface area contributed by atoms with Crippen LogP contribution < -0.4 is 16.4 Å². The number of primary amides is 1. The Bertz CT molecular complexity index is 607. The summed E-state index contributed by atoms with van der Waals surface area (Å²) in [4.78, 5) is 28.5. The number of rotatable bonds is 2. The second kappa shape index (κ2) is 3.83. The number of hydrogen-bond donors (Lipinski definition) is 3. The SMILES string of the molecule is NC(=O)C1CCN(c2nc(N)nc3nc[nH]c23)C1. The minimum Gasteiger partial charge on any atom is -0.369 e. The molecule has 3 rings (SSSR count). The summed E-state index contributed by atoms with van der Waals surface area (Å²) in [6.07, 6.45) is 2.28. The van der Waals surface area contributed by atoms with Gasteiger partial charge in [0.1, 0.15) is 5.52 Å². The third-order valence-corrected chi connectivity index (χ3v) is 3.17. The minimum absolute atomic E-state index is 0.140. The van der Waals surface area contributed by atoms with Gasteiger partial charge in [0.25, 0.3) is 0 Å². The molecule has 0 spiro atoms. The summed E-state index contributed by atoms with van der Waals surface area (Å²) in [5, 5.41) is 0. The maximum Gasteiger partial charge on any atom is 0.224 e. The van der Waals surface area contributed by atoms with Gasteiger partial charge in [-0.15, -0.1) is 0 Å². The zero-order valence-corrected chi connectivity index (χ0v) is 9.63. The average Bonchev–Trinajstić information content (AvgIpc) is 2.95. The Labute approximate surface area is 102 Å². The lowest BCUT2D eigenvalue weighted by molar-refractivity contribution is -0.121. The lowest BCUT2D eigenvalue weighted by Crippen LogP contribution is -2.28. The zero-order chi connectivity index (χ0) is 12.7. The second-order valence-electron chi connectivity index (χ2n) is 4.34. The van der Waals surface area contributed by atoms with E-state index in [9.17, 15) is 4.79 Å². The molecule has 1 amide bonds. The van der Waals surface area contributed by atoms with Gasteiger partial charge < -0.3 is 21.4 Å². The number of nitrogens with zero attached hydrogens (tertiary/aromatic N) is 4. The summed E-state index contributed by atoms with van der Waals surface area (Å²) in [7, 11) is 0. The third-order valence-electron chi connectivity index (χ3n) is 3.17. The van der Waals surface area contributed by atoms with Crippen molar-refractivity contribution in [1.82, 2.24) is 19.9 Å². The van der Waals surface area contributed by atoms with E-state index >= 15 is 0 Å². The molecule has 1 atom stereocenters. The fourth-order valence-corrected chi connectivity index (χ4v) is 2.25. The number of nitrogens with one attached hydrogen (secondary N) is 1. The smallest absolute Gasteiger partial charge is 0.224 e. The molecule has 8 heteroatoms. The number of imidazole rings is 1. The number of H-pyrrole nitrogens is 1. The molecule has 1 saturated heterocycles. The number of nitrogens with two attached hydrogens (primary N) is 2. The Morgan fingerprint density at radius 2 is 2.33 bits per heavy atom. The summed E-state index contributed by atoms with van der Waals surface area (Å²) >= 11 is 0. The molecule has 2 aromatic rings. The number of anilines is 2. The van der Waals surface area contributed by atoms with E-state index in [2.05, 4.69) is 19.9 Å². The van der Waals surface area contributed by atoms with Crippen LogP contribution in [0.15, 0.2) is 6.33 Å². The fourth-order valence-electron chi connectivity index (χ4n) is 2.25. The van der Waals surface area contributed by atoms with Crippen LogP contribution in [0.2, 0.25) is 0 Å². The number of aromatic nitrogens is 4. The van der Waals surface area contributed by atoms with Gasteiger partial charge in [-0.1, -0.05) is 0 Å².